The minimum atomic E-state index is -0.558. The summed E-state index contributed by atoms with van der Waals surface area (Å²) in [6.45, 7) is 26.6. The van der Waals surface area contributed by atoms with Crippen LogP contribution in [0.1, 0.15) is 229 Å². The Kier molecular flexibility index (Phi) is 31.1. The Bertz CT molecular complexity index is 4390. The lowest BCUT2D eigenvalue weighted by atomic mass is 9.93. The number of carbonyl (C=O) groups is 2. The molecular weight excluding hydrogens is 1350 g/mol. The summed E-state index contributed by atoms with van der Waals surface area (Å²) in [6.07, 6.45) is 18.5. The highest BCUT2D eigenvalue weighted by molar-refractivity contribution is 6.28. The van der Waals surface area contributed by atoms with Gasteiger partial charge in [-0.2, -0.15) is 0 Å². The van der Waals surface area contributed by atoms with E-state index in [1.807, 2.05) is 24.3 Å². The molecule has 0 N–H and O–H groups in total. The van der Waals surface area contributed by atoms with Crippen molar-refractivity contribution in [2.45, 2.75) is 198 Å². The molecule has 0 spiro atoms. The van der Waals surface area contributed by atoms with Gasteiger partial charge in [0.15, 0.2) is 69.0 Å². The second-order valence-corrected chi connectivity index (χ2v) is 27.5. The van der Waals surface area contributed by atoms with Gasteiger partial charge in [-0.15, -0.1) is 0 Å². The molecule has 0 atom stereocenters. The Morgan fingerprint density at radius 3 is 0.528 bits per heavy atom. The zero-order valence-corrected chi connectivity index (χ0v) is 65.5. The van der Waals surface area contributed by atoms with Crippen LogP contribution in [-0.2, 0) is 0 Å². The van der Waals surface area contributed by atoms with E-state index in [1.165, 1.54) is 0 Å². The number of hydrogen-bond donors (Lipinski definition) is 0. The highest BCUT2D eigenvalue weighted by Gasteiger charge is 2.25. The van der Waals surface area contributed by atoms with Gasteiger partial charge in [0.25, 0.3) is 0 Å². The molecule has 0 amide bonds. The van der Waals surface area contributed by atoms with E-state index < -0.39 is 11.9 Å². The van der Waals surface area contributed by atoms with Crippen molar-refractivity contribution in [2.24, 2.45) is 0 Å². The quantitative estimate of drug-likeness (QED) is 0.0117. The van der Waals surface area contributed by atoms with Crippen molar-refractivity contribution in [3.63, 3.8) is 0 Å². The van der Waals surface area contributed by atoms with Gasteiger partial charge in [0.2, 0.25) is 0 Å². The van der Waals surface area contributed by atoms with Gasteiger partial charge < -0.3 is 56.8 Å². The monoisotopic (exact) mass is 1460 g/mol. The van der Waals surface area contributed by atoms with Crippen LogP contribution in [0.4, 0.5) is 0 Å². The number of carbonyl (C=O) groups excluding carboxylic acids is 2. The van der Waals surface area contributed by atoms with Crippen LogP contribution in [-0.4, -0.2) is 78.0 Å². The van der Waals surface area contributed by atoms with Crippen LogP contribution in [0, 0.1) is 23.7 Å². The van der Waals surface area contributed by atoms with E-state index in [4.69, 9.17) is 56.8 Å². The molecular formula is C94H110O14. The first-order valence-electron chi connectivity index (χ1n) is 40.0. The summed E-state index contributed by atoms with van der Waals surface area (Å²) < 4.78 is 78.0. The lowest BCUT2D eigenvalue weighted by Crippen LogP contribution is -2.10. The molecule has 0 aliphatic rings. The summed E-state index contributed by atoms with van der Waals surface area (Å²) in [7, 11) is 0. The van der Waals surface area contributed by atoms with Gasteiger partial charge in [-0.05, 0) is 262 Å². The Hall–Kier alpha value is -10.2. The predicted molar refractivity (Wildman–Crippen MR) is 439 cm³/mol. The van der Waals surface area contributed by atoms with E-state index in [2.05, 4.69) is 141 Å². The molecule has 0 radical (unpaired) electrons. The summed E-state index contributed by atoms with van der Waals surface area (Å²) in [5.74, 6) is 17.9. The van der Waals surface area contributed by atoms with E-state index in [1.54, 1.807) is 48.5 Å². The normalized spacial score (nSPS) is 11.2. The van der Waals surface area contributed by atoms with Gasteiger partial charge in [-0.3, -0.25) is 0 Å². The number of esters is 2. The summed E-state index contributed by atoms with van der Waals surface area (Å²) in [5.41, 5.74) is 1.96. The molecule has 14 nitrogen and oxygen atoms in total. The van der Waals surface area contributed by atoms with E-state index >= 15 is 0 Å². The maximum Gasteiger partial charge on any atom is 0.343 e. The van der Waals surface area contributed by atoms with Crippen molar-refractivity contribution in [2.75, 3.05) is 66.1 Å². The van der Waals surface area contributed by atoms with Crippen molar-refractivity contribution >= 4 is 76.6 Å². The van der Waals surface area contributed by atoms with Gasteiger partial charge in [0.1, 0.15) is 0 Å². The first kappa shape index (κ1) is 80.4. The standard InChI is InChI=1S/C94H110O14/c1-11-21-43-97-81-53-69-71-55-83(99-45-23-13-3)87(103-49-27-17-7)59-75(71)79-63-91(89(105-51-29-19-9)61-77(79)73(69)57-85(81)101-47-25-15-5)107-93(95)67-39-35-65(36-40-67)33-31-32-34-66-37-41-68(42-38-66)94(96)108-92-64-80-76-60-88(104-50-28-18-8)84(100-46-24-14-4)56-72(76)70-54-82(98-44-22-12-2)86(102-48-26-16-6)58-74(70)78(80)62-90(92)106-52-30-20-10/h35-42,53-64H,11-30,43-52H2,1-10H3. The minimum Gasteiger partial charge on any atom is -0.490 e. The molecule has 0 aliphatic heterocycles. The zero-order valence-electron chi connectivity index (χ0n) is 65.5. The van der Waals surface area contributed by atoms with Gasteiger partial charge >= 0.3 is 11.9 Å². The highest BCUT2D eigenvalue weighted by Crippen LogP contribution is 2.50. The lowest BCUT2D eigenvalue weighted by molar-refractivity contribution is 0.0719. The fourth-order valence-corrected chi connectivity index (χ4v) is 12.5. The fraction of sp³-hybridized carbons (Fsp3) is 0.426. The van der Waals surface area contributed by atoms with Gasteiger partial charge in [0, 0.05) is 11.1 Å². The molecule has 570 valence electrons. The average molecular weight is 1460 g/mol. The Morgan fingerprint density at radius 1 is 0.222 bits per heavy atom. The molecule has 0 fully saturated rings. The van der Waals surface area contributed by atoms with Crippen LogP contribution in [0.2, 0.25) is 0 Å². The Balaban J connectivity index is 0.930. The lowest BCUT2D eigenvalue weighted by Gasteiger charge is -2.20. The molecule has 0 saturated carbocycles. The first-order valence-corrected chi connectivity index (χ1v) is 40.0. The maximum atomic E-state index is 14.4. The van der Waals surface area contributed by atoms with Crippen LogP contribution in [0.3, 0.4) is 0 Å². The summed E-state index contributed by atoms with van der Waals surface area (Å²) in [4.78, 5) is 28.8. The van der Waals surface area contributed by atoms with Crippen LogP contribution in [0.25, 0.3) is 64.6 Å². The number of unbranched alkanes of at least 4 members (excludes halogenated alkanes) is 10. The molecule has 108 heavy (non-hydrogen) atoms. The molecule has 0 aliphatic carbocycles. The highest BCUT2D eigenvalue weighted by atomic mass is 16.6. The molecule has 10 aromatic rings. The van der Waals surface area contributed by atoms with Gasteiger partial charge in [-0.25, -0.2) is 9.59 Å². The summed E-state index contributed by atoms with van der Waals surface area (Å²) in [5, 5.41) is 10.9. The fourth-order valence-electron chi connectivity index (χ4n) is 12.5. The first-order chi connectivity index (χ1) is 53.0. The van der Waals surface area contributed by atoms with Crippen molar-refractivity contribution in [1.82, 2.24) is 0 Å². The van der Waals surface area contributed by atoms with E-state index in [0.29, 0.717) is 146 Å². The average Bonchev–Trinajstić information content (AvgIpc) is 0.732. The SMILES string of the molecule is CCCCOc1cc2c3cc(OCCCC)c(OCCCC)cc3c3cc(OC(=O)c4ccc(C#CC#Cc5ccc(C(=O)Oc6cc7c8cc(OCCCC)c(OCCCC)cc8c8cc(OCCCC)c(OCCCC)cc8c7cc6OCCCC)cc5)cc4)c(OCCCC)cc3c2cc1OCCCC. The molecule has 10 rings (SSSR count). The molecule has 0 heterocycles. The molecule has 0 aromatic heterocycles. The van der Waals surface area contributed by atoms with Crippen molar-refractivity contribution < 1.29 is 66.4 Å². The zero-order chi connectivity index (χ0) is 76.0. The van der Waals surface area contributed by atoms with Crippen LogP contribution < -0.4 is 56.8 Å². The number of rotatable bonds is 44. The summed E-state index contributed by atoms with van der Waals surface area (Å²) in [6, 6.07) is 38.4. The molecule has 0 bridgehead atoms. The van der Waals surface area contributed by atoms with Crippen LogP contribution in [0.15, 0.2) is 121 Å². The van der Waals surface area contributed by atoms with Crippen molar-refractivity contribution in [1.29, 1.82) is 0 Å². The Morgan fingerprint density at radius 2 is 0.370 bits per heavy atom. The second kappa shape index (κ2) is 41.8. The number of ether oxygens (including phenoxy) is 12. The largest absolute Gasteiger partial charge is 0.490 e. The number of fused-ring (bicyclic) bond motifs is 12. The van der Waals surface area contributed by atoms with Gasteiger partial charge in [-0.1, -0.05) is 145 Å². The maximum absolute atomic E-state index is 14.4. The van der Waals surface area contributed by atoms with E-state index in [-0.39, 0.29) is 11.5 Å². The third kappa shape index (κ3) is 20.9. The Labute approximate surface area is 639 Å². The third-order valence-electron chi connectivity index (χ3n) is 18.9. The van der Waals surface area contributed by atoms with Crippen molar-refractivity contribution in [3.8, 4) is 92.7 Å². The molecule has 10 aromatic carbocycles. The minimum absolute atomic E-state index is 0.286. The van der Waals surface area contributed by atoms with Gasteiger partial charge in [0.05, 0.1) is 77.2 Å². The second-order valence-electron chi connectivity index (χ2n) is 27.5. The molecule has 0 unspecified atom stereocenters. The predicted octanol–water partition coefficient (Wildman–Crippen LogP) is 24.2. The smallest absolute Gasteiger partial charge is 0.343 e. The van der Waals surface area contributed by atoms with Crippen molar-refractivity contribution in [3.05, 3.63) is 144 Å². The molecule has 14 heteroatoms. The summed E-state index contributed by atoms with van der Waals surface area (Å²) >= 11 is 0. The number of benzene rings is 10. The number of hydrogen-bond acceptors (Lipinski definition) is 14. The molecule has 0 saturated heterocycles. The topological polar surface area (TPSA) is 145 Å². The van der Waals surface area contributed by atoms with Crippen LogP contribution >= 0.6 is 0 Å². The van der Waals surface area contributed by atoms with E-state index in [0.717, 1.165) is 193 Å². The van der Waals surface area contributed by atoms with Crippen LogP contribution in [0.5, 0.6) is 69.0 Å². The third-order valence-corrected chi connectivity index (χ3v) is 18.9. The van der Waals surface area contributed by atoms with E-state index in [9.17, 15) is 9.59 Å².